The fourth-order valence-electron chi connectivity index (χ4n) is 1.81. The van der Waals surface area contributed by atoms with Crippen molar-refractivity contribution in [1.82, 2.24) is 5.32 Å². The summed E-state index contributed by atoms with van der Waals surface area (Å²) in [6.07, 6.45) is 2.51. The lowest BCUT2D eigenvalue weighted by Crippen LogP contribution is -2.29. The van der Waals surface area contributed by atoms with Gasteiger partial charge in [0.2, 0.25) is 0 Å². The molecule has 1 aliphatic rings. The van der Waals surface area contributed by atoms with E-state index in [1.165, 1.54) is 17.7 Å². The van der Waals surface area contributed by atoms with Gasteiger partial charge in [0.05, 0.1) is 7.11 Å². The first-order chi connectivity index (χ1) is 7.40. The van der Waals surface area contributed by atoms with Gasteiger partial charge in [-0.3, -0.25) is 0 Å². The summed E-state index contributed by atoms with van der Waals surface area (Å²) in [5.74, 6) is 1.00. The van der Waals surface area contributed by atoms with E-state index in [0.29, 0.717) is 0 Å². The molecule has 2 rings (SSSR count). The van der Waals surface area contributed by atoms with Gasteiger partial charge < -0.3 is 10.1 Å². The molecule has 0 amide bonds. The van der Waals surface area contributed by atoms with Crippen molar-refractivity contribution in [2.24, 2.45) is 0 Å². The van der Waals surface area contributed by atoms with Crippen molar-refractivity contribution in [3.63, 3.8) is 0 Å². The Morgan fingerprint density at radius 3 is 2.73 bits per heavy atom. The third-order valence-corrected chi connectivity index (χ3v) is 4.04. The SMILES string of the molecule is COc1ccccc1SC1CCNCC1. The van der Waals surface area contributed by atoms with Crippen molar-refractivity contribution in [2.45, 2.75) is 23.0 Å². The predicted octanol–water partition coefficient (Wildman–Crippen LogP) is 2.54. The standard InChI is InChI=1S/C12H17NOS/c1-14-11-4-2-3-5-12(11)15-10-6-8-13-9-7-10/h2-5,10,13H,6-9H2,1H3. The molecule has 1 aromatic rings. The summed E-state index contributed by atoms with van der Waals surface area (Å²) >= 11 is 1.95. The van der Waals surface area contributed by atoms with Crippen molar-refractivity contribution in [3.8, 4) is 5.75 Å². The van der Waals surface area contributed by atoms with Gasteiger partial charge in [0.1, 0.15) is 5.75 Å². The molecule has 1 N–H and O–H groups in total. The van der Waals surface area contributed by atoms with E-state index in [2.05, 4.69) is 17.4 Å². The average Bonchev–Trinajstić information content (AvgIpc) is 2.31. The zero-order chi connectivity index (χ0) is 10.5. The van der Waals surface area contributed by atoms with E-state index < -0.39 is 0 Å². The second kappa shape index (κ2) is 5.42. The largest absolute Gasteiger partial charge is 0.496 e. The number of methoxy groups -OCH3 is 1. The van der Waals surface area contributed by atoms with Gasteiger partial charge in [-0.2, -0.15) is 0 Å². The number of para-hydroxylation sites is 1. The Kier molecular flexibility index (Phi) is 3.92. The van der Waals surface area contributed by atoms with E-state index in [4.69, 9.17) is 4.74 Å². The summed E-state index contributed by atoms with van der Waals surface area (Å²) in [6.45, 7) is 2.29. The fourth-order valence-corrected chi connectivity index (χ4v) is 3.06. The molecule has 0 atom stereocenters. The zero-order valence-corrected chi connectivity index (χ0v) is 9.85. The molecule has 0 aliphatic carbocycles. The van der Waals surface area contributed by atoms with Crippen LogP contribution in [-0.4, -0.2) is 25.4 Å². The van der Waals surface area contributed by atoms with E-state index >= 15 is 0 Å². The second-order valence-corrected chi connectivity index (χ2v) is 5.06. The van der Waals surface area contributed by atoms with Gasteiger partial charge in [0.15, 0.2) is 0 Å². The number of piperidine rings is 1. The Labute approximate surface area is 95.4 Å². The number of ether oxygens (including phenoxy) is 1. The molecule has 0 saturated carbocycles. The average molecular weight is 223 g/mol. The third-order valence-electron chi connectivity index (χ3n) is 2.65. The lowest BCUT2D eigenvalue weighted by molar-refractivity contribution is 0.404. The first-order valence-electron chi connectivity index (χ1n) is 5.40. The molecule has 1 aliphatic heterocycles. The maximum atomic E-state index is 5.35. The van der Waals surface area contributed by atoms with Gasteiger partial charge in [0.25, 0.3) is 0 Å². The molecule has 82 valence electrons. The van der Waals surface area contributed by atoms with E-state index in [-0.39, 0.29) is 0 Å². The highest BCUT2D eigenvalue weighted by molar-refractivity contribution is 8.00. The lowest BCUT2D eigenvalue weighted by Gasteiger charge is -2.22. The molecule has 1 saturated heterocycles. The monoisotopic (exact) mass is 223 g/mol. The highest BCUT2D eigenvalue weighted by Crippen LogP contribution is 2.34. The number of thioether (sulfide) groups is 1. The molecule has 1 heterocycles. The van der Waals surface area contributed by atoms with Crippen LogP contribution in [0.3, 0.4) is 0 Å². The first-order valence-corrected chi connectivity index (χ1v) is 6.28. The van der Waals surface area contributed by atoms with Gasteiger partial charge in [-0.15, -0.1) is 11.8 Å². The second-order valence-electron chi connectivity index (χ2n) is 3.72. The van der Waals surface area contributed by atoms with Gasteiger partial charge in [-0.25, -0.2) is 0 Å². The Bertz CT molecular complexity index is 310. The maximum Gasteiger partial charge on any atom is 0.132 e. The minimum atomic E-state index is 0.738. The summed E-state index contributed by atoms with van der Waals surface area (Å²) in [4.78, 5) is 1.27. The number of rotatable bonds is 3. The van der Waals surface area contributed by atoms with E-state index in [0.717, 1.165) is 24.1 Å². The van der Waals surface area contributed by atoms with Crippen LogP contribution in [0.4, 0.5) is 0 Å². The fraction of sp³-hybridized carbons (Fsp3) is 0.500. The number of benzene rings is 1. The zero-order valence-electron chi connectivity index (χ0n) is 9.03. The van der Waals surface area contributed by atoms with Crippen LogP contribution in [0.5, 0.6) is 5.75 Å². The number of hydrogen-bond donors (Lipinski definition) is 1. The smallest absolute Gasteiger partial charge is 0.132 e. The van der Waals surface area contributed by atoms with Crippen molar-refractivity contribution in [1.29, 1.82) is 0 Å². The van der Waals surface area contributed by atoms with Crippen LogP contribution in [0.15, 0.2) is 29.2 Å². The van der Waals surface area contributed by atoms with Crippen LogP contribution in [0.2, 0.25) is 0 Å². The van der Waals surface area contributed by atoms with Crippen molar-refractivity contribution in [3.05, 3.63) is 24.3 Å². The van der Waals surface area contributed by atoms with Crippen molar-refractivity contribution >= 4 is 11.8 Å². The molecule has 0 unspecified atom stereocenters. The van der Waals surface area contributed by atoms with Gasteiger partial charge >= 0.3 is 0 Å². The molecule has 0 bridgehead atoms. The topological polar surface area (TPSA) is 21.3 Å². The van der Waals surface area contributed by atoms with Crippen molar-refractivity contribution in [2.75, 3.05) is 20.2 Å². The molecule has 0 radical (unpaired) electrons. The van der Waals surface area contributed by atoms with E-state index in [1.807, 2.05) is 23.9 Å². The predicted molar refractivity (Wildman–Crippen MR) is 64.7 cm³/mol. The molecular formula is C12H17NOS. The Morgan fingerprint density at radius 2 is 2.00 bits per heavy atom. The van der Waals surface area contributed by atoms with Crippen LogP contribution in [-0.2, 0) is 0 Å². The summed E-state index contributed by atoms with van der Waals surface area (Å²) in [5.41, 5.74) is 0. The van der Waals surface area contributed by atoms with Crippen LogP contribution in [0.1, 0.15) is 12.8 Å². The van der Waals surface area contributed by atoms with Crippen LogP contribution < -0.4 is 10.1 Å². The number of nitrogens with one attached hydrogen (secondary N) is 1. The Morgan fingerprint density at radius 1 is 1.27 bits per heavy atom. The molecule has 15 heavy (non-hydrogen) atoms. The highest BCUT2D eigenvalue weighted by atomic mass is 32.2. The summed E-state index contributed by atoms with van der Waals surface area (Å²) in [7, 11) is 1.74. The highest BCUT2D eigenvalue weighted by Gasteiger charge is 2.15. The van der Waals surface area contributed by atoms with E-state index in [1.54, 1.807) is 7.11 Å². The molecule has 2 nitrogen and oxygen atoms in total. The quantitative estimate of drug-likeness (QED) is 0.851. The van der Waals surface area contributed by atoms with E-state index in [9.17, 15) is 0 Å². The summed E-state index contributed by atoms with van der Waals surface area (Å²) < 4.78 is 5.35. The Hall–Kier alpha value is -0.670. The van der Waals surface area contributed by atoms with Crippen LogP contribution >= 0.6 is 11.8 Å². The molecule has 0 spiro atoms. The first kappa shape index (κ1) is 10.8. The molecule has 1 aromatic carbocycles. The van der Waals surface area contributed by atoms with Gasteiger partial charge in [-0.1, -0.05) is 12.1 Å². The van der Waals surface area contributed by atoms with Gasteiger partial charge in [0, 0.05) is 10.1 Å². The minimum Gasteiger partial charge on any atom is -0.496 e. The lowest BCUT2D eigenvalue weighted by atomic mass is 10.2. The van der Waals surface area contributed by atoms with Gasteiger partial charge in [-0.05, 0) is 38.1 Å². The van der Waals surface area contributed by atoms with Crippen LogP contribution in [0.25, 0.3) is 0 Å². The third kappa shape index (κ3) is 2.89. The molecule has 1 fully saturated rings. The number of hydrogen-bond acceptors (Lipinski definition) is 3. The normalized spacial score (nSPS) is 17.7. The van der Waals surface area contributed by atoms with Crippen LogP contribution in [0, 0.1) is 0 Å². The molecular weight excluding hydrogens is 206 g/mol. The summed E-state index contributed by atoms with van der Waals surface area (Å²) in [5, 5.41) is 4.12. The summed E-state index contributed by atoms with van der Waals surface area (Å²) in [6, 6.07) is 8.27. The molecule has 0 aromatic heterocycles. The molecule has 3 heteroatoms. The Balaban J connectivity index is 2.02. The van der Waals surface area contributed by atoms with Crippen molar-refractivity contribution < 1.29 is 4.74 Å². The minimum absolute atomic E-state index is 0.738. The maximum absolute atomic E-state index is 5.35.